The van der Waals surface area contributed by atoms with E-state index in [4.69, 9.17) is 12.2 Å². The highest BCUT2D eigenvalue weighted by molar-refractivity contribution is 7.80. The molecule has 3 aromatic heterocycles. The third kappa shape index (κ3) is 3.97. The molecule has 0 saturated carbocycles. The number of nitrogens with one attached hydrogen (secondary N) is 4. The van der Waals surface area contributed by atoms with Crippen molar-refractivity contribution in [3.05, 3.63) is 78.9 Å². The number of aromatic nitrogens is 5. The van der Waals surface area contributed by atoms with Crippen LogP contribution in [-0.2, 0) is 0 Å². The van der Waals surface area contributed by atoms with Crippen LogP contribution in [0.4, 0.5) is 17.2 Å². The first-order valence-corrected chi connectivity index (χ1v) is 11.5. The van der Waals surface area contributed by atoms with Crippen molar-refractivity contribution in [2.45, 2.75) is 6.42 Å². The lowest BCUT2D eigenvalue weighted by Gasteiger charge is -2.28. The highest BCUT2D eigenvalue weighted by Crippen LogP contribution is 2.30. The Hall–Kier alpha value is -4.24. The number of nitrogens with zero attached hydrogens (tertiary/aromatic N) is 4. The summed E-state index contributed by atoms with van der Waals surface area (Å²) in [6, 6.07) is 18.2. The molecule has 4 N–H and O–H groups in total. The molecule has 0 atom stereocenters. The van der Waals surface area contributed by atoms with Gasteiger partial charge in [-0.3, -0.25) is 5.10 Å². The summed E-state index contributed by atoms with van der Waals surface area (Å²) in [6.07, 6.45) is 6.49. The summed E-state index contributed by atoms with van der Waals surface area (Å²) in [5, 5.41) is 16.5. The van der Waals surface area contributed by atoms with Gasteiger partial charge >= 0.3 is 0 Å². The lowest BCUT2D eigenvalue weighted by Crippen LogP contribution is -2.37. The molecule has 0 fully saturated rings. The number of benzene rings is 2. The van der Waals surface area contributed by atoms with Gasteiger partial charge < -0.3 is 20.5 Å². The van der Waals surface area contributed by atoms with Crippen molar-refractivity contribution in [1.82, 2.24) is 30.0 Å². The first-order valence-electron chi connectivity index (χ1n) is 11.1. The van der Waals surface area contributed by atoms with Crippen molar-refractivity contribution in [3.63, 3.8) is 0 Å². The number of anilines is 3. The molecule has 6 rings (SSSR count). The maximum atomic E-state index is 5.61. The normalized spacial score (nSPS) is 13.8. The summed E-state index contributed by atoms with van der Waals surface area (Å²) in [5.41, 5.74) is 6.07. The quantitative estimate of drug-likeness (QED) is 0.275. The summed E-state index contributed by atoms with van der Waals surface area (Å²) in [6.45, 7) is 1.60. The van der Waals surface area contributed by atoms with Gasteiger partial charge in [-0.2, -0.15) is 5.10 Å². The van der Waals surface area contributed by atoms with Crippen molar-refractivity contribution >= 4 is 62.0 Å². The molecule has 0 bridgehead atoms. The van der Waals surface area contributed by atoms with E-state index in [0.29, 0.717) is 0 Å². The van der Waals surface area contributed by atoms with Crippen LogP contribution in [0.5, 0.6) is 0 Å². The van der Waals surface area contributed by atoms with E-state index < -0.39 is 0 Å². The second-order valence-corrected chi connectivity index (χ2v) is 8.57. The van der Waals surface area contributed by atoms with Gasteiger partial charge in [-0.05, 0) is 60.6 Å². The molecule has 8 nitrogen and oxygen atoms in total. The second-order valence-electron chi connectivity index (χ2n) is 8.19. The lowest BCUT2D eigenvalue weighted by molar-refractivity contribution is 0.466. The van der Waals surface area contributed by atoms with Gasteiger partial charge in [-0.25, -0.2) is 9.97 Å². The van der Waals surface area contributed by atoms with Crippen LogP contribution in [0.3, 0.4) is 0 Å². The fourth-order valence-electron chi connectivity index (χ4n) is 4.19. The molecule has 1 aliphatic heterocycles. The highest BCUT2D eigenvalue weighted by atomic mass is 32.1. The number of fused-ring (bicyclic) bond motifs is 2. The molecule has 0 amide bonds. The molecule has 1 aliphatic rings. The number of rotatable bonds is 4. The number of hydrogen-bond donors (Lipinski definition) is 4. The van der Waals surface area contributed by atoms with E-state index in [-0.39, 0.29) is 0 Å². The van der Waals surface area contributed by atoms with Crippen molar-refractivity contribution in [3.8, 4) is 0 Å². The van der Waals surface area contributed by atoms with E-state index in [1.165, 1.54) is 5.57 Å². The molecule has 34 heavy (non-hydrogen) atoms. The minimum atomic E-state index is 0.741. The molecule has 5 aromatic rings. The van der Waals surface area contributed by atoms with Crippen LogP contribution < -0.4 is 10.6 Å². The third-order valence-electron chi connectivity index (χ3n) is 6.00. The summed E-state index contributed by atoms with van der Waals surface area (Å²) in [5.74, 6) is 0.765. The van der Waals surface area contributed by atoms with Gasteiger partial charge in [0.25, 0.3) is 0 Å². The van der Waals surface area contributed by atoms with E-state index in [2.05, 4.69) is 52.8 Å². The minimum Gasteiger partial charge on any atom is -0.345 e. The Morgan fingerprint density at radius 1 is 1.03 bits per heavy atom. The molecule has 0 spiro atoms. The van der Waals surface area contributed by atoms with Crippen LogP contribution in [0, 0.1) is 0 Å². The predicted molar refractivity (Wildman–Crippen MR) is 140 cm³/mol. The Morgan fingerprint density at radius 2 is 1.94 bits per heavy atom. The topological polar surface area (TPSA) is 97.6 Å². The summed E-state index contributed by atoms with van der Waals surface area (Å²) < 4.78 is 0. The standard InChI is InChI=1S/C25H22N8S/c34-25(30-18-4-2-1-3-5-18)33-10-8-16(9-11-33)22-13-20-23(26-15-27-24(20)31-22)29-19-6-7-21-17(12-19)14-28-32-21/h1-8,12-15H,9-11H2,(H,28,32)(H,30,34)(H2,26,27,29,31). The average molecular weight is 467 g/mol. The van der Waals surface area contributed by atoms with Gasteiger partial charge in [-0.1, -0.05) is 24.3 Å². The summed E-state index contributed by atoms with van der Waals surface area (Å²) in [7, 11) is 0. The number of aromatic amines is 2. The first kappa shape index (κ1) is 20.4. The lowest BCUT2D eigenvalue weighted by atomic mass is 10.1. The smallest absolute Gasteiger partial charge is 0.173 e. The van der Waals surface area contributed by atoms with Crippen LogP contribution in [0.15, 0.2) is 73.2 Å². The maximum Gasteiger partial charge on any atom is 0.173 e. The number of H-pyrrole nitrogens is 2. The van der Waals surface area contributed by atoms with E-state index in [1.807, 2.05) is 54.7 Å². The zero-order valence-electron chi connectivity index (χ0n) is 18.2. The first-order chi connectivity index (χ1) is 16.7. The fraction of sp³-hybridized carbons (Fsp3) is 0.120. The van der Waals surface area contributed by atoms with Gasteiger partial charge in [-0.15, -0.1) is 0 Å². The predicted octanol–water partition coefficient (Wildman–Crippen LogP) is 5.06. The van der Waals surface area contributed by atoms with Gasteiger partial charge in [0.2, 0.25) is 0 Å². The van der Waals surface area contributed by atoms with Gasteiger partial charge in [0, 0.05) is 35.5 Å². The average Bonchev–Trinajstić information content (AvgIpc) is 3.52. The van der Waals surface area contributed by atoms with Crippen LogP contribution in [0.2, 0.25) is 0 Å². The molecular weight excluding hydrogens is 444 g/mol. The molecule has 0 unspecified atom stereocenters. The molecule has 4 heterocycles. The van der Waals surface area contributed by atoms with Crippen molar-refractivity contribution in [1.29, 1.82) is 0 Å². The number of thiocarbonyl (C=S) groups is 1. The molecule has 2 aromatic carbocycles. The maximum absolute atomic E-state index is 5.61. The molecule has 0 aliphatic carbocycles. The monoisotopic (exact) mass is 466 g/mol. The Balaban J connectivity index is 1.20. The van der Waals surface area contributed by atoms with Crippen molar-refractivity contribution in [2.24, 2.45) is 0 Å². The molecule has 0 radical (unpaired) electrons. The van der Waals surface area contributed by atoms with Crippen LogP contribution in [-0.4, -0.2) is 48.3 Å². The molecule has 0 saturated heterocycles. The summed E-state index contributed by atoms with van der Waals surface area (Å²) >= 11 is 5.61. The molecule has 9 heteroatoms. The Kier molecular flexibility index (Phi) is 5.15. The van der Waals surface area contributed by atoms with Crippen LogP contribution >= 0.6 is 12.2 Å². The SMILES string of the molecule is S=C(Nc1ccccc1)N1CC=C(c2cc3c(Nc4ccc5[nH]ncc5c4)ncnc3[nH]2)CC1. The Bertz CT molecular complexity index is 1520. The van der Waals surface area contributed by atoms with E-state index in [0.717, 1.165) is 69.4 Å². The van der Waals surface area contributed by atoms with Crippen LogP contribution in [0.25, 0.3) is 27.5 Å². The van der Waals surface area contributed by atoms with Crippen LogP contribution in [0.1, 0.15) is 12.1 Å². The third-order valence-corrected chi connectivity index (χ3v) is 6.36. The molecule has 168 valence electrons. The van der Waals surface area contributed by atoms with Gasteiger partial charge in [0.05, 0.1) is 17.1 Å². The van der Waals surface area contributed by atoms with E-state index in [1.54, 1.807) is 6.33 Å². The largest absolute Gasteiger partial charge is 0.345 e. The zero-order chi connectivity index (χ0) is 22.9. The van der Waals surface area contributed by atoms with E-state index >= 15 is 0 Å². The summed E-state index contributed by atoms with van der Waals surface area (Å²) in [4.78, 5) is 14.6. The number of para-hydroxylation sites is 1. The number of hydrogen-bond acceptors (Lipinski definition) is 5. The van der Waals surface area contributed by atoms with Gasteiger partial charge in [0.15, 0.2) is 5.11 Å². The Morgan fingerprint density at radius 3 is 2.79 bits per heavy atom. The van der Waals surface area contributed by atoms with Gasteiger partial charge in [0.1, 0.15) is 17.8 Å². The fourth-order valence-corrected chi connectivity index (χ4v) is 4.48. The van der Waals surface area contributed by atoms with Crippen molar-refractivity contribution in [2.75, 3.05) is 23.7 Å². The van der Waals surface area contributed by atoms with E-state index in [9.17, 15) is 0 Å². The Labute approximate surface area is 201 Å². The zero-order valence-corrected chi connectivity index (χ0v) is 19.1. The second kappa shape index (κ2) is 8.60. The highest BCUT2D eigenvalue weighted by Gasteiger charge is 2.18. The minimum absolute atomic E-state index is 0.741. The van der Waals surface area contributed by atoms with Crippen molar-refractivity contribution < 1.29 is 0 Å². The molecular formula is C25H22N8S.